The first-order valence-electron chi connectivity index (χ1n) is 9.49. The van der Waals surface area contributed by atoms with Gasteiger partial charge in [0.15, 0.2) is 0 Å². The maximum Gasteiger partial charge on any atom is 0.339 e. The molecule has 0 saturated heterocycles. The Morgan fingerprint density at radius 1 is 0.962 bits per heavy atom. The van der Waals surface area contributed by atoms with Crippen molar-refractivity contribution in [2.24, 2.45) is 0 Å². The minimum absolute atomic E-state index is 0.0124. The van der Waals surface area contributed by atoms with Crippen LogP contribution in [0.5, 0.6) is 5.75 Å². The highest BCUT2D eigenvalue weighted by atomic mass is 16.5. The second-order valence-electron chi connectivity index (χ2n) is 6.23. The molecule has 1 aromatic rings. The largest absolute Gasteiger partial charge is 0.478 e. The number of carboxylic acids is 1. The highest BCUT2D eigenvalue weighted by molar-refractivity contribution is 5.91. The Morgan fingerprint density at radius 3 is 2.35 bits per heavy atom. The number of benzene rings is 1. The topological polar surface area (TPSA) is 63.6 Å². The summed E-state index contributed by atoms with van der Waals surface area (Å²) in [6.45, 7) is 2.17. The van der Waals surface area contributed by atoms with Crippen LogP contribution in [0, 0.1) is 0 Å². The van der Waals surface area contributed by atoms with E-state index in [1.54, 1.807) is 12.1 Å². The molecule has 1 N–H and O–H groups in total. The first-order valence-corrected chi connectivity index (χ1v) is 9.49. The lowest BCUT2D eigenvalue weighted by atomic mass is 10.1. The number of hydrogen-bond donors (Lipinski definition) is 1. The average molecular weight is 358 g/mol. The first-order chi connectivity index (χ1) is 12.6. The first kappa shape index (κ1) is 21.7. The molecular formula is C22H30O4. The molecule has 142 valence electrons. The molecule has 26 heavy (non-hydrogen) atoms. The molecule has 0 radical (unpaired) electrons. The monoisotopic (exact) mass is 358 g/mol. The van der Waals surface area contributed by atoms with Crippen LogP contribution in [0.2, 0.25) is 0 Å². The van der Waals surface area contributed by atoms with Crippen molar-refractivity contribution >= 4 is 11.9 Å². The molecule has 0 heterocycles. The van der Waals surface area contributed by atoms with Crippen LogP contribution in [0.15, 0.2) is 48.6 Å². The molecule has 0 unspecified atom stereocenters. The molecule has 4 nitrogen and oxygen atoms in total. The van der Waals surface area contributed by atoms with Gasteiger partial charge in [-0.15, -0.1) is 0 Å². The summed E-state index contributed by atoms with van der Waals surface area (Å²) < 4.78 is 5.17. The van der Waals surface area contributed by atoms with E-state index in [9.17, 15) is 9.59 Å². The summed E-state index contributed by atoms with van der Waals surface area (Å²) in [5, 5.41) is 9.07. The molecule has 0 bridgehead atoms. The van der Waals surface area contributed by atoms with E-state index >= 15 is 0 Å². The minimum Gasteiger partial charge on any atom is -0.478 e. The zero-order valence-electron chi connectivity index (χ0n) is 15.7. The van der Waals surface area contributed by atoms with E-state index in [1.807, 2.05) is 0 Å². The SMILES string of the molecule is CCC/C=C/C=C/CCCCCCCC(=O)Oc1ccccc1C(=O)O. The Bertz CT molecular complexity index is 602. The van der Waals surface area contributed by atoms with E-state index in [1.165, 1.54) is 18.6 Å². The lowest BCUT2D eigenvalue weighted by Crippen LogP contribution is -2.10. The van der Waals surface area contributed by atoms with Gasteiger partial charge in [-0.05, 0) is 37.8 Å². The summed E-state index contributed by atoms with van der Waals surface area (Å²) in [7, 11) is 0. The molecular weight excluding hydrogens is 328 g/mol. The summed E-state index contributed by atoms with van der Waals surface area (Å²) in [4.78, 5) is 22.9. The van der Waals surface area contributed by atoms with Crippen molar-refractivity contribution in [3.05, 3.63) is 54.1 Å². The fourth-order valence-corrected chi connectivity index (χ4v) is 2.48. The van der Waals surface area contributed by atoms with Gasteiger partial charge in [0.05, 0.1) is 0 Å². The number of carboxylic acid groups (broad SMARTS) is 1. The predicted molar refractivity (Wildman–Crippen MR) is 105 cm³/mol. The Morgan fingerprint density at radius 2 is 1.62 bits per heavy atom. The number of aromatic carboxylic acids is 1. The maximum absolute atomic E-state index is 11.8. The number of ether oxygens (including phenoxy) is 1. The minimum atomic E-state index is -1.09. The van der Waals surface area contributed by atoms with Gasteiger partial charge in [-0.25, -0.2) is 4.79 Å². The van der Waals surface area contributed by atoms with Crippen molar-refractivity contribution in [3.8, 4) is 5.75 Å². The highest BCUT2D eigenvalue weighted by Crippen LogP contribution is 2.19. The van der Waals surface area contributed by atoms with Gasteiger partial charge in [-0.1, -0.05) is 69.0 Å². The van der Waals surface area contributed by atoms with Gasteiger partial charge in [0.25, 0.3) is 0 Å². The van der Waals surface area contributed by atoms with E-state index in [4.69, 9.17) is 9.84 Å². The van der Waals surface area contributed by atoms with Gasteiger partial charge >= 0.3 is 11.9 Å². The van der Waals surface area contributed by atoms with E-state index in [2.05, 4.69) is 31.2 Å². The average Bonchev–Trinajstić information content (AvgIpc) is 2.63. The number of carbonyl (C=O) groups is 2. The van der Waals surface area contributed by atoms with E-state index in [0.29, 0.717) is 6.42 Å². The van der Waals surface area contributed by atoms with Crippen molar-refractivity contribution < 1.29 is 19.4 Å². The highest BCUT2D eigenvalue weighted by Gasteiger charge is 2.13. The molecule has 0 atom stereocenters. The van der Waals surface area contributed by atoms with E-state index in [-0.39, 0.29) is 17.3 Å². The fourth-order valence-electron chi connectivity index (χ4n) is 2.48. The Labute approximate surface area is 156 Å². The number of carbonyl (C=O) groups excluding carboxylic acids is 1. The van der Waals surface area contributed by atoms with Crippen molar-refractivity contribution in [2.45, 2.75) is 64.7 Å². The van der Waals surface area contributed by atoms with Crippen molar-refractivity contribution in [1.29, 1.82) is 0 Å². The van der Waals surface area contributed by atoms with Crippen molar-refractivity contribution in [1.82, 2.24) is 0 Å². The summed E-state index contributed by atoms with van der Waals surface area (Å²) in [5.41, 5.74) is 0.0124. The number of unbranched alkanes of at least 4 members (excludes halogenated alkanes) is 6. The van der Waals surface area contributed by atoms with Crippen LogP contribution in [-0.4, -0.2) is 17.0 Å². The van der Waals surface area contributed by atoms with E-state index in [0.717, 1.165) is 44.9 Å². The Hall–Kier alpha value is -2.36. The molecule has 0 aromatic heterocycles. The van der Waals surface area contributed by atoms with Gasteiger partial charge in [0.2, 0.25) is 0 Å². The molecule has 0 aliphatic heterocycles. The van der Waals surface area contributed by atoms with Gasteiger partial charge in [-0.2, -0.15) is 0 Å². The quantitative estimate of drug-likeness (QED) is 0.205. The second-order valence-corrected chi connectivity index (χ2v) is 6.23. The van der Waals surface area contributed by atoms with Crippen LogP contribution in [0.1, 0.15) is 75.1 Å². The van der Waals surface area contributed by atoms with Gasteiger partial charge in [0.1, 0.15) is 11.3 Å². The summed E-state index contributed by atoms with van der Waals surface area (Å²) >= 11 is 0. The van der Waals surface area contributed by atoms with Crippen LogP contribution in [0.4, 0.5) is 0 Å². The normalized spacial score (nSPS) is 11.3. The predicted octanol–water partition coefficient (Wildman–Crippen LogP) is 5.93. The van der Waals surface area contributed by atoms with Gasteiger partial charge in [-0.3, -0.25) is 4.79 Å². The van der Waals surface area contributed by atoms with Crippen molar-refractivity contribution in [2.75, 3.05) is 0 Å². The smallest absolute Gasteiger partial charge is 0.339 e. The lowest BCUT2D eigenvalue weighted by Gasteiger charge is -2.07. The summed E-state index contributed by atoms with van der Waals surface area (Å²) in [6.07, 6.45) is 17.5. The third-order valence-electron chi connectivity index (χ3n) is 3.93. The fraction of sp³-hybridized carbons (Fsp3) is 0.455. The van der Waals surface area contributed by atoms with Crippen LogP contribution >= 0.6 is 0 Å². The Kier molecular flexibility index (Phi) is 11.6. The van der Waals surface area contributed by atoms with Crippen LogP contribution in [-0.2, 0) is 4.79 Å². The molecule has 1 rings (SSSR count). The number of para-hydroxylation sites is 1. The molecule has 0 aliphatic carbocycles. The maximum atomic E-state index is 11.8. The van der Waals surface area contributed by atoms with Gasteiger partial charge < -0.3 is 9.84 Å². The second kappa shape index (κ2) is 13.9. The number of allylic oxidation sites excluding steroid dienone is 4. The molecule has 0 saturated carbocycles. The standard InChI is InChI=1S/C22H30O4/c1-2-3-4-5-6-7-8-9-10-11-12-13-18-21(23)26-20-17-15-14-16-19(20)22(24)25/h4-7,14-17H,2-3,8-13,18H2,1H3,(H,24,25)/b5-4+,7-6+. The number of rotatable bonds is 13. The van der Waals surface area contributed by atoms with Crippen LogP contribution in [0.25, 0.3) is 0 Å². The van der Waals surface area contributed by atoms with Crippen molar-refractivity contribution in [3.63, 3.8) is 0 Å². The molecule has 1 aromatic carbocycles. The van der Waals surface area contributed by atoms with E-state index < -0.39 is 5.97 Å². The summed E-state index contributed by atoms with van der Waals surface area (Å²) in [6, 6.07) is 6.20. The Balaban J connectivity index is 2.10. The molecule has 0 fully saturated rings. The zero-order chi connectivity index (χ0) is 19.0. The van der Waals surface area contributed by atoms with Crippen LogP contribution < -0.4 is 4.74 Å². The van der Waals surface area contributed by atoms with Gasteiger partial charge in [0, 0.05) is 6.42 Å². The third kappa shape index (κ3) is 9.82. The third-order valence-corrected chi connectivity index (χ3v) is 3.93. The molecule has 0 aliphatic rings. The lowest BCUT2D eigenvalue weighted by molar-refractivity contribution is -0.134. The molecule has 0 amide bonds. The summed E-state index contributed by atoms with van der Waals surface area (Å²) in [5.74, 6) is -1.35. The zero-order valence-corrected chi connectivity index (χ0v) is 15.7. The molecule has 0 spiro atoms. The van der Waals surface area contributed by atoms with Crippen LogP contribution in [0.3, 0.4) is 0 Å². The number of hydrogen-bond acceptors (Lipinski definition) is 3. The molecule has 4 heteroatoms. The number of esters is 1.